The fraction of sp³-hybridized carbons (Fsp3) is 0. The summed E-state index contributed by atoms with van der Waals surface area (Å²) in [5.74, 6) is -0.175. The summed E-state index contributed by atoms with van der Waals surface area (Å²) in [4.78, 5) is 12.9. The van der Waals surface area contributed by atoms with E-state index in [0.29, 0.717) is 21.2 Å². The van der Waals surface area contributed by atoms with Gasteiger partial charge in [0.2, 0.25) is 5.78 Å². The van der Waals surface area contributed by atoms with Gasteiger partial charge in [-0.15, -0.1) is 5.10 Å². The zero-order valence-electron chi connectivity index (χ0n) is 14.0. The van der Waals surface area contributed by atoms with Crippen molar-refractivity contribution >= 4 is 49.6 Å². The number of phenols is 1. The summed E-state index contributed by atoms with van der Waals surface area (Å²) in [6.07, 6.45) is 1.41. The van der Waals surface area contributed by atoms with E-state index < -0.39 is 0 Å². The third-order valence-electron chi connectivity index (χ3n) is 3.71. The van der Waals surface area contributed by atoms with Crippen LogP contribution in [0.1, 0.15) is 21.5 Å². The molecule has 4 nitrogen and oxygen atoms in total. The quantitative estimate of drug-likeness (QED) is 0.289. The van der Waals surface area contributed by atoms with Crippen LogP contribution >= 0.6 is 31.9 Å². The Morgan fingerprint density at radius 2 is 1.48 bits per heavy atom. The van der Waals surface area contributed by atoms with Crippen LogP contribution in [0, 0.1) is 0 Å². The van der Waals surface area contributed by atoms with Gasteiger partial charge >= 0.3 is 0 Å². The lowest BCUT2D eigenvalue weighted by molar-refractivity contribution is 0.106. The second-order valence-corrected chi connectivity index (χ2v) is 7.35. The second kappa shape index (κ2) is 8.88. The molecule has 0 atom stereocenters. The van der Waals surface area contributed by atoms with Crippen molar-refractivity contribution < 1.29 is 9.90 Å². The lowest BCUT2D eigenvalue weighted by Crippen LogP contribution is -2.15. The Hall–Kier alpha value is -2.57. The van der Waals surface area contributed by atoms with E-state index in [4.69, 9.17) is 0 Å². The molecule has 0 radical (unpaired) electrons. The van der Waals surface area contributed by atoms with Crippen LogP contribution in [-0.2, 0) is 0 Å². The molecule has 0 aliphatic rings. The Kier molecular flexibility index (Phi) is 6.32. The van der Waals surface area contributed by atoms with Crippen LogP contribution in [0.5, 0.6) is 5.75 Å². The molecular formula is C21H14Br2N2O2. The number of aromatic hydroxyl groups is 1. The average molecular weight is 486 g/mol. The number of ketones is 1. The summed E-state index contributed by atoms with van der Waals surface area (Å²) in [7, 11) is 0. The molecule has 0 bridgehead atoms. The number of halogens is 2. The minimum atomic E-state index is -0.224. The molecule has 3 aromatic rings. The van der Waals surface area contributed by atoms with Crippen molar-refractivity contribution in [3.05, 3.63) is 98.4 Å². The number of hydrogen-bond donors (Lipinski definition) is 1. The number of rotatable bonds is 5. The summed E-state index contributed by atoms with van der Waals surface area (Å²) in [5, 5.41) is 18.3. The van der Waals surface area contributed by atoms with E-state index >= 15 is 0 Å². The van der Waals surface area contributed by atoms with Crippen molar-refractivity contribution in [2.24, 2.45) is 10.2 Å². The van der Waals surface area contributed by atoms with Gasteiger partial charge in [0, 0.05) is 21.2 Å². The maximum atomic E-state index is 12.9. The van der Waals surface area contributed by atoms with E-state index in [9.17, 15) is 9.90 Å². The fourth-order valence-corrected chi connectivity index (χ4v) is 3.65. The first-order valence-electron chi connectivity index (χ1n) is 8.00. The first-order chi connectivity index (χ1) is 13.1. The number of nitrogens with zero attached hydrogens (tertiary/aromatic N) is 2. The molecule has 0 amide bonds. The molecule has 3 aromatic carbocycles. The Bertz CT molecular complexity index is 1020. The van der Waals surface area contributed by atoms with Gasteiger partial charge in [0.05, 0.1) is 10.7 Å². The number of benzene rings is 3. The zero-order chi connectivity index (χ0) is 19.2. The largest absolute Gasteiger partial charge is 0.506 e. The molecule has 0 heterocycles. The average Bonchev–Trinajstić information content (AvgIpc) is 2.69. The molecule has 0 aromatic heterocycles. The van der Waals surface area contributed by atoms with Crippen LogP contribution in [0.3, 0.4) is 0 Å². The molecular weight excluding hydrogens is 472 g/mol. The Labute approximate surface area is 173 Å². The first kappa shape index (κ1) is 19.2. The van der Waals surface area contributed by atoms with Crippen molar-refractivity contribution in [3.8, 4) is 5.75 Å². The monoisotopic (exact) mass is 484 g/mol. The molecule has 0 aliphatic carbocycles. The van der Waals surface area contributed by atoms with Gasteiger partial charge in [-0.1, -0.05) is 76.6 Å². The SMILES string of the molecule is O=C(/C(=N/N=C/c1cc(Br)cc(Br)c1O)c1ccccc1)c1ccccc1. The van der Waals surface area contributed by atoms with E-state index in [1.807, 2.05) is 36.4 Å². The lowest BCUT2D eigenvalue weighted by Gasteiger charge is -2.05. The highest BCUT2D eigenvalue weighted by Gasteiger charge is 2.16. The molecule has 0 saturated heterocycles. The van der Waals surface area contributed by atoms with E-state index in [1.165, 1.54) is 6.21 Å². The molecule has 134 valence electrons. The Morgan fingerprint density at radius 3 is 2.11 bits per heavy atom. The topological polar surface area (TPSA) is 62.0 Å². The minimum Gasteiger partial charge on any atom is -0.506 e. The number of Topliss-reactive ketones (excluding diaryl/α,β-unsaturated/α-hetero) is 1. The third-order valence-corrected chi connectivity index (χ3v) is 4.77. The predicted molar refractivity (Wildman–Crippen MR) is 115 cm³/mol. The molecule has 0 saturated carbocycles. The van der Waals surface area contributed by atoms with Gasteiger partial charge in [-0.25, -0.2) is 0 Å². The van der Waals surface area contributed by atoms with E-state index in [2.05, 4.69) is 42.1 Å². The van der Waals surface area contributed by atoms with Gasteiger partial charge in [-0.3, -0.25) is 4.79 Å². The lowest BCUT2D eigenvalue weighted by atomic mass is 10.0. The first-order valence-corrected chi connectivity index (χ1v) is 9.59. The van der Waals surface area contributed by atoms with Gasteiger partial charge in [-0.05, 0) is 28.1 Å². The molecule has 0 aliphatic heterocycles. The highest BCUT2D eigenvalue weighted by Crippen LogP contribution is 2.30. The smallest absolute Gasteiger partial charge is 0.213 e. The second-order valence-electron chi connectivity index (χ2n) is 5.58. The summed E-state index contributed by atoms with van der Waals surface area (Å²) in [6, 6.07) is 21.5. The summed E-state index contributed by atoms with van der Waals surface area (Å²) < 4.78 is 1.31. The highest BCUT2D eigenvalue weighted by molar-refractivity contribution is 9.11. The zero-order valence-corrected chi connectivity index (χ0v) is 17.2. The summed E-state index contributed by atoms with van der Waals surface area (Å²) in [6.45, 7) is 0. The van der Waals surface area contributed by atoms with Crippen molar-refractivity contribution in [3.63, 3.8) is 0 Å². The maximum Gasteiger partial charge on any atom is 0.213 e. The summed E-state index contributed by atoms with van der Waals surface area (Å²) in [5.41, 5.74) is 1.90. The van der Waals surface area contributed by atoms with Crippen LogP contribution in [0.25, 0.3) is 0 Å². The number of carbonyl (C=O) groups excluding carboxylic acids is 1. The highest BCUT2D eigenvalue weighted by atomic mass is 79.9. The van der Waals surface area contributed by atoms with Crippen LogP contribution in [0.4, 0.5) is 0 Å². The normalized spacial score (nSPS) is 11.7. The predicted octanol–water partition coefficient (Wildman–Crippen LogP) is 5.62. The van der Waals surface area contributed by atoms with Crippen LogP contribution in [0.15, 0.2) is 91.9 Å². The molecule has 27 heavy (non-hydrogen) atoms. The van der Waals surface area contributed by atoms with Crippen molar-refractivity contribution in [2.45, 2.75) is 0 Å². The van der Waals surface area contributed by atoms with Gasteiger partial charge in [0.25, 0.3) is 0 Å². The molecule has 6 heteroatoms. The molecule has 0 spiro atoms. The van der Waals surface area contributed by atoms with E-state index in [0.717, 1.165) is 4.47 Å². The Morgan fingerprint density at radius 1 is 0.889 bits per heavy atom. The number of phenolic OH excluding ortho intramolecular Hbond substituents is 1. The van der Waals surface area contributed by atoms with Crippen molar-refractivity contribution in [2.75, 3.05) is 0 Å². The molecule has 0 fully saturated rings. The summed E-state index contributed by atoms with van der Waals surface area (Å²) >= 11 is 6.64. The van der Waals surface area contributed by atoms with Gasteiger partial charge in [0.1, 0.15) is 11.5 Å². The van der Waals surface area contributed by atoms with Crippen LogP contribution in [0.2, 0.25) is 0 Å². The van der Waals surface area contributed by atoms with Crippen LogP contribution < -0.4 is 0 Å². The van der Waals surface area contributed by atoms with Gasteiger partial charge in [0.15, 0.2) is 0 Å². The minimum absolute atomic E-state index is 0.0489. The number of carbonyl (C=O) groups is 1. The van der Waals surface area contributed by atoms with Gasteiger partial charge in [-0.2, -0.15) is 5.10 Å². The molecule has 0 unspecified atom stereocenters. The maximum absolute atomic E-state index is 12.9. The molecule has 3 rings (SSSR count). The standard InChI is InChI=1S/C21H14Br2N2O2/c22-17-11-16(20(26)18(23)12-17)13-24-25-19(14-7-3-1-4-8-14)21(27)15-9-5-2-6-10-15/h1-13,26H/b24-13+,25-19+. The van der Waals surface area contributed by atoms with E-state index in [1.54, 1.807) is 36.4 Å². The molecule has 1 N–H and O–H groups in total. The number of hydrogen-bond acceptors (Lipinski definition) is 4. The van der Waals surface area contributed by atoms with E-state index in [-0.39, 0.29) is 17.2 Å². The van der Waals surface area contributed by atoms with Gasteiger partial charge < -0.3 is 5.11 Å². The van der Waals surface area contributed by atoms with Crippen molar-refractivity contribution in [1.82, 2.24) is 0 Å². The van der Waals surface area contributed by atoms with Crippen molar-refractivity contribution in [1.29, 1.82) is 0 Å². The fourth-order valence-electron chi connectivity index (χ4n) is 2.39. The Balaban J connectivity index is 2.00. The van der Waals surface area contributed by atoms with Crippen LogP contribution in [-0.4, -0.2) is 22.8 Å². The third kappa shape index (κ3) is 4.78.